The molecule has 0 radical (unpaired) electrons. The summed E-state index contributed by atoms with van der Waals surface area (Å²) in [5, 5.41) is 20.4. The summed E-state index contributed by atoms with van der Waals surface area (Å²) in [5.74, 6) is -1.30. The van der Waals surface area contributed by atoms with Gasteiger partial charge in [-0.3, -0.25) is 19.7 Å². The maximum Gasteiger partial charge on any atom is 0.309 e. The molecular formula is C17H22N2O5. The lowest BCUT2D eigenvalue weighted by Gasteiger charge is -2.39. The fourth-order valence-electron chi connectivity index (χ4n) is 3.15. The first kappa shape index (κ1) is 17.9. The Balaban J connectivity index is 2.26. The highest BCUT2D eigenvalue weighted by atomic mass is 16.6. The summed E-state index contributed by atoms with van der Waals surface area (Å²) in [4.78, 5) is 36.4. The van der Waals surface area contributed by atoms with Crippen LogP contribution in [0, 0.1) is 28.4 Å². The van der Waals surface area contributed by atoms with E-state index >= 15 is 0 Å². The summed E-state index contributed by atoms with van der Waals surface area (Å²) in [5.41, 5.74) is -0.359. The standard InChI is InChI=1S/C17H22N2O5/c1-11-13(7-4-8-14(11)19(23)24)15(20)18-9-5-6-12(10-18)17(2,3)16(21)22/h4,7-8,12H,5-6,9-10H2,1-3H3,(H,21,22). The molecule has 1 saturated heterocycles. The van der Waals surface area contributed by atoms with Crippen LogP contribution in [0.25, 0.3) is 0 Å². The number of hydrogen-bond acceptors (Lipinski definition) is 4. The van der Waals surface area contributed by atoms with Crippen LogP contribution < -0.4 is 0 Å². The summed E-state index contributed by atoms with van der Waals surface area (Å²) in [7, 11) is 0. The van der Waals surface area contributed by atoms with E-state index in [9.17, 15) is 24.8 Å². The molecule has 1 atom stereocenters. The average molecular weight is 334 g/mol. The van der Waals surface area contributed by atoms with Crippen molar-refractivity contribution in [2.24, 2.45) is 11.3 Å². The van der Waals surface area contributed by atoms with Gasteiger partial charge in [-0.1, -0.05) is 6.07 Å². The molecule has 0 bridgehead atoms. The third-order valence-corrected chi connectivity index (χ3v) is 5.01. The van der Waals surface area contributed by atoms with Gasteiger partial charge in [0.05, 0.1) is 10.3 Å². The normalized spacial score (nSPS) is 18.3. The van der Waals surface area contributed by atoms with Crippen LogP contribution in [0.15, 0.2) is 18.2 Å². The number of aliphatic carboxylic acids is 1. The molecule has 1 heterocycles. The van der Waals surface area contributed by atoms with Crippen LogP contribution in [0.3, 0.4) is 0 Å². The second-order valence-corrected chi connectivity index (χ2v) is 6.82. The molecule has 130 valence electrons. The minimum Gasteiger partial charge on any atom is -0.481 e. The van der Waals surface area contributed by atoms with E-state index in [4.69, 9.17) is 0 Å². The van der Waals surface area contributed by atoms with Crippen molar-refractivity contribution >= 4 is 17.6 Å². The Morgan fingerprint density at radius 2 is 2.04 bits per heavy atom. The zero-order valence-corrected chi connectivity index (χ0v) is 14.1. The number of carboxylic acid groups (broad SMARTS) is 1. The molecular weight excluding hydrogens is 312 g/mol. The van der Waals surface area contributed by atoms with Gasteiger partial charge in [-0.25, -0.2) is 0 Å². The maximum absolute atomic E-state index is 12.8. The van der Waals surface area contributed by atoms with Crippen LogP contribution in [0.1, 0.15) is 42.6 Å². The molecule has 1 amide bonds. The van der Waals surface area contributed by atoms with E-state index in [0.29, 0.717) is 24.2 Å². The van der Waals surface area contributed by atoms with Crippen molar-refractivity contribution in [3.8, 4) is 0 Å². The van der Waals surface area contributed by atoms with Gasteiger partial charge < -0.3 is 10.0 Å². The number of carbonyl (C=O) groups is 2. The van der Waals surface area contributed by atoms with Crippen molar-refractivity contribution in [1.82, 2.24) is 4.90 Å². The van der Waals surface area contributed by atoms with E-state index in [1.165, 1.54) is 12.1 Å². The molecule has 1 aliphatic heterocycles. The first-order valence-electron chi connectivity index (χ1n) is 7.93. The zero-order valence-electron chi connectivity index (χ0n) is 14.1. The summed E-state index contributed by atoms with van der Waals surface area (Å²) >= 11 is 0. The lowest BCUT2D eigenvalue weighted by molar-refractivity contribution is -0.385. The SMILES string of the molecule is Cc1c(C(=O)N2CCCC(C(C)(C)C(=O)O)C2)cccc1[N+](=O)[O-]. The fourth-order valence-corrected chi connectivity index (χ4v) is 3.15. The number of nitrogens with zero attached hydrogens (tertiary/aromatic N) is 2. The van der Waals surface area contributed by atoms with Crippen molar-refractivity contribution in [3.05, 3.63) is 39.4 Å². The Morgan fingerprint density at radius 1 is 1.38 bits per heavy atom. The number of piperidine rings is 1. The van der Waals surface area contributed by atoms with Gasteiger partial charge >= 0.3 is 5.97 Å². The number of nitro groups is 1. The predicted molar refractivity (Wildman–Crippen MR) is 87.9 cm³/mol. The maximum atomic E-state index is 12.8. The third kappa shape index (κ3) is 3.25. The molecule has 2 rings (SSSR count). The van der Waals surface area contributed by atoms with Gasteiger partial charge in [0, 0.05) is 30.3 Å². The van der Waals surface area contributed by atoms with E-state index in [-0.39, 0.29) is 17.5 Å². The molecule has 1 N–H and O–H groups in total. The molecule has 1 unspecified atom stereocenters. The molecule has 0 aromatic heterocycles. The monoisotopic (exact) mass is 334 g/mol. The molecule has 1 aromatic carbocycles. The highest BCUT2D eigenvalue weighted by Gasteiger charge is 2.40. The molecule has 0 saturated carbocycles. The average Bonchev–Trinajstić information content (AvgIpc) is 2.54. The van der Waals surface area contributed by atoms with Crippen LogP contribution in [0.4, 0.5) is 5.69 Å². The molecule has 1 aliphatic rings. The Kier molecular flexibility index (Phi) is 4.91. The highest BCUT2D eigenvalue weighted by molar-refractivity contribution is 5.96. The zero-order chi connectivity index (χ0) is 18.1. The largest absolute Gasteiger partial charge is 0.481 e. The van der Waals surface area contributed by atoms with Gasteiger partial charge in [0.2, 0.25) is 0 Å². The number of rotatable bonds is 4. The summed E-state index contributed by atoms with van der Waals surface area (Å²) < 4.78 is 0. The highest BCUT2D eigenvalue weighted by Crippen LogP contribution is 2.35. The van der Waals surface area contributed by atoms with Gasteiger partial charge in [-0.05, 0) is 45.6 Å². The van der Waals surface area contributed by atoms with Crippen molar-refractivity contribution < 1.29 is 19.6 Å². The van der Waals surface area contributed by atoms with E-state index in [2.05, 4.69) is 0 Å². The number of hydrogen-bond donors (Lipinski definition) is 1. The van der Waals surface area contributed by atoms with Gasteiger partial charge in [0.25, 0.3) is 11.6 Å². The smallest absolute Gasteiger partial charge is 0.309 e. The number of amides is 1. The van der Waals surface area contributed by atoms with Crippen molar-refractivity contribution in [2.75, 3.05) is 13.1 Å². The minimum atomic E-state index is -0.920. The van der Waals surface area contributed by atoms with Crippen LogP contribution in [-0.4, -0.2) is 39.9 Å². The van der Waals surface area contributed by atoms with E-state index in [0.717, 1.165) is 12.8 Å². The van der Waals surface area contributed by atoms with Crippen LogP contribution in [0.2, 0.25) is 0 Å². The van der Waals surface area contributed by atoms with Crippen LogP contribution in [0.5, 0.6) is 0 Å². The fraction of sp³-hybridized carbons (Fsp3) is 0.529. The Labute approximate surface area is 140 Å². The topological polar surface area (TPSA) is 101 Å². The van der Waals surface area contributed by atoms with Gasteiger partial charge in [-0.15, -0.1) is 0 Å². The first-order valence-corrected chi connectivity index (χ1v) is 7.93. The Bertz CT molecular complexity index is 684. The van der Waals surface area contributed by atoms with Gasteiger partial charge in [0.1, 0.15) is 0 Å². The van der Waals surface area contributed by atoms with E-state index in [1.54, 1.807) is 31.7 Å². The summed E-state index contributed by atoms with van der Waals surface area (Å²) in [6, 6.07) is 4.45. The molecule has 7 heteroatoms. The second-order valence-electron chi connectivity index (χ2n) is 6.82. The lowest BCUT2D eigenvalue weighted by Crippen LogP contribution is -2.47. The molecule has 1 fully saturated rings. The molecule has 1 aromatic rings. The number of carboxylic acids is 1. The van der Waals surface area contributed by atoms with Crippen molar-refractivity contribution in [3.63, 3.8) is 0 Å². The molecule has 7 nitrogen and oxygen atoms in total. The summed E-state index contributed by atoms with van der Waals surface area (Å²) in [6.45, 7) is 5.79. The number of likely N-dealkylation sites (tertiary alicyclic amines) is 1. The molecule has 0 aliphatic carbocycles. The van der Waals surface area contributed by atoms with Gasteiger partial charge in [0.15, 0.2) is 0 Å². The second kappa shape index (κ2) is 6.59. The number of carbonyl (C=O) groups excluding carboxylic acids is 1. The van der Waals surface area contributed by atoms with Crippen molar-refractivity contribution in [2.45, 2.75) is 33.6 Å². The van der Waals surface area contributed by atoms with E-state index in [1.807, 2.05) is 0 Å². The minimum absolute atomic E-state index is 0.0831. The predicted octanol–water partition coefficient (Wildman–Crippen LogP) is 2.87. The van der Waals surface area contributed by atoms with Gasteiger partial charge in [-0.2, -0.15) is 0 Å². The quantitative estimate of drug-likeness (QED) is 0.674. The van der Waals surface area contributed by atoms with Crippen LogP contribution in [-0.2, 0) is 4.79 Å². The molecule has 0 spiro atoms. The Morgan fingerprint density at radius 3 is 2.62 bits per heavy atom. The van der Waals surface area contributed by atoms with Crippen molar-refractivity contribution in [1.29, 1.82) is 0 Å². The lowest BCUT2D eigenvalue weighted by atomic mass is 9.74. The molecule has 24 heavy (non-hydrogen) atoms. The third-order valence-electron chi connectivity index (χ3n) is 5.01. The summed E-state index contributed by atoms with van der Waals surface area (Å²) in [6.07, 6.45) is 1.47. The van der Waals surface area contributed by atoms with Crippen LogP contribution >= 0.6 is 0 Å². The first-order chi connectivity index (χ1) is 11.2. The number of nitro benzene ring substituents is 1. The Hall–Kier alpha value is -2.44. The van der Waals surface area contributed by atoms with E-state index < -0.39 is 16.3 Å². The number of benzene rings is 1.